The molecule has 1 fully saturated rings. The van der Waals surface area contributed by atoms with Crippen LogP contribution < -0.4 is 5.32 Å². The average molecular weight is 470 g/mol. The molecule has 4 aromatic rings. The molecule has 5 rings (SSSR count). The molecule has 2 aromatic carbocycles. The number of nitrogens with zero attached hydrogens (tertiary/aromatic N) is 6. The number of likely N-dealkylation sites (tertiary alicyclic amines) is 1. The van der Waals surface area contributed by atoms with Crippen molar-refractivity contribution in [3.63, 3.8) is 0 Å². The quantitative estimate of drug-likeness (QED) is 0.397. The number of likely N-dealkylation sites (N-methyl/N-ethyl adjacent to an activating group) is 1. The van der Waals surface area contributed by atoms with Gasteiger partial charge in [0.05, 0.1) is 0 Å². The molecule has 0 aliphatic carbocycles. The number of aromatic nitrogens is 4. The standard InChI is InChI=1S/C27H31N7O/c1-32(2)15-12-24-17-29-26(22-10-9-20-6-3-4-7-21(20)16-22)34(24)25-11-13-28-27(31-25)30-23-8-5-14-33(18-23)19-35/h3-4,6-7,9-11,13,16-17,19,23H,5,8,12,14-15,18H2,1-2H3,(H,28,30,31). The zero-order chi connectivity index (χ0) is 24.2. The summed E-state index contributed by atoms with van der Waals surface area (Å²) in [5.74, 6) is 2.20. The van der Waals surface area contributed by atoms with E-state index in [9.17, 15) is 4.79 Å². The molecule has 1 aliphatic rings. The lowest BCUT2D eigenvalue weighted by molar-refractivity contribution is -0.119. The Morgan fingerprint density at radius 1 is 1.11 bits per heavy atom. The summed E-state index contributed by atoms with van der Waals surface area (Å²) in [6.07, 6.45) is 7.45. The number of hydrogen-bond donors (Lipinski definition) is 1. The number of fused-ring (bicyclic) bond motifs is 1. The number of rotatable bonds is 8. The lowest BCUT2D eigenvalue weighted by Crippen LogP contribution is -2.41. The number of nitrogens with one attached hydrogen (secondary N) is 1. The van der Waals surface area contributed by atoms with Crippen molar-refractivity contribution in [2.75, 3.05) is 39.0 Å². The van der Waals surface area contributed by atoms with E-state index in [4.69, 9.17) is 9.97 Å². The minimum absolute atomic E-state index is 0.139. The van der Waals surface area contributed by atoms with Gasteiger partial charge >= 0.3 is 0 Å². The molecule has 8 nitrogen and oxygen atoms in total. The van der Waals surface area contributed by atoms with Gasteiger partial charge in [-0.25, -0.2) is 9.97 Å². The van der Waals surface area contributed by atoms with Crippen molar-refractivity contribution in [2.45, 2.75) is 25.3 Å². The molecule has 1 unspecified atom stereocenters. The Kier molecular flexibility index (Phi) is 6.72. The molecule has 3 heterocycles. The maximum Gasteiger partial charge on any atom is 0.224 e. The van der Waals surface area contributed by atoms with Gasteiger partial charge in [-0.2, -0.15) is 4.98 Å². The largest absolute Gasteiger partial charge is 0.350 e. The molecule has 0 saturated carbocycles. The number of amides is 1. The van der Waals surface area contributed by atoms with Crippen LogP contribution in [0.5, 0.6) is 0 Å². The maximum absolute atomic E-state index is 11.2. The van der Waals surface area contributed by atoms with E-state index >= 15 is 0 Å². The summed E-state index contributed by atoms with van der Waals surface area (Å²) < 4.78 is 2.14. The highest BCUT2D eigenvalue weighted by atomic mass is 16.1. The lowest BCUT2D eigenvalue weighted by atomic mass is 10.1. The van der Waals surface area contributed by atoms with Crippen LogP contribution >= 0.6 is 0 Å². The van der Waals surface area contributed by atoms with Crippen molar-refractivity contribution in [1.29, 1.82) is 0 Å². The molecule has 35 heavy (non-hydrogen) atoms. The topological polar surface area (TPSA) is 79.2 Å². The van der Waals surface area contributed by atoms with Crippen molar-refractivity contribution in [1.82, 2.24) is 29.3 Å². The first-order chi connectivity index (χ1) is 17.1. The first kappa shape index (κ1) is 23.0. The summed E-state index contributed by atoms with van der Waals surface area (Å²) in [6, 6.07) is 16.9. The second kappa shape index (κ2) is 10.2. The monoisotopic (exact) mass is 469 g/mol. The van der Waals surface area contributed by atoms with Gasteiger partial charge in [-0.1, -0.05) is 36.4 Å². The van der Waals surface area contributed by atoms with Crippen LogP contribution in [0.25, 0.3) is 28.0 Å². The Bertz CT molecular complexity index is 1320. The fraction of sp³-hybridized carbons (Fsp3) is 0.333. The Morgan fingerprint density at radius 3 is 2.80 bits per heavy atom. The van der Waals surface area contributed by atoms with Gasteiger partial charge < -0.3 is 15.1 Å². The normalized spacial score (nSPS) is 16.1. The number of carbonyl (C=O) groups excluding carboxylic acids is 1. The van der Waals surface area contributed by atoms with Crippen LogP contribution in [0.4, 0.5) is 5.95 Å². The summed E-state index contributed by atoms with van der Waals surface area (Å²) in [4.78, 5) is 29.4. The minimum Gasteiger partial charge on any atom is -0.350 e. The van der Waals surface area contributed by atoms with Crippen molar-refractivity contribution < 1.29 is 4.79 Å². The third-order valence-electron chi connectivity index (χ3n) is 6.46. The van der Waals surface area contributed by atoms with E-state index in [0.717, 1.165) is 61.7 Å². The molecule has 0 spiro atoms. The summed E-state index contributed by atoms with van der Waals surface area (Å²) in [6.45, 7) is 2.38. The van der Waals surface area contributed by atoms with Crippen molar-refractivity contribution in [2.24, 2.45) is 0 Å². The summed E-state index contributed by atoms with van der Waals surface area (Å²) in [5, 5.41) is 5.81. The molecule has 180 valence electrons. The Balaban J connectivity index is 1.51. The molecule has 1 saturated heterocycles. The second-order valence-electron chi connectivity index (χ2n) is 9.35. The van der Waals surface area contributed by atoms with Crippen LogP contribution in [0.2, 0.25) is 0 Å². The minimum atomic E-state index is 0.139. The fourth-order valence-corrected chi connectivity index (χ4v) is 4.64. The van der Waals surface area contributed by atoms with Gasteiger partial charge in [-0.05, 0) is 49.8 Å². The zero-order valence-electron chi connectivity index (χ0n) is 20.3. The highest BCUT2D eigenvalue weighted by Crippen LogP contribution is 2.27. The predicted molar refractivity (Wildman–Crippen MR) is 139 cm³/mol. The molecule has 1 atom stereocenters. The lowest BCUT2D eigenvalue weighted by Gasteiger charge is -2.30. The smallest absolute Gasteiger partial charge is 0.224 e. The van der Waals surface area contributed by atoms with Crippen molar-refractivity contribution >= 4 is 23.1 Å². The van der Waals surface area contributed by atoms with Crippen molar-refractivity contribution in [3.05, 3.63) is 66.6 Å². The van der Waals surface area contributed by atoms with E-state index in [1.165, 1.54) is 10.8 Å². The van der Waals surface area contributed by atoms with Gasteiger partial charge in [0.1, 0.15) is 11.6 Å². The first-order valence-corrected chi connectivity index (χ1v) is 12.1. The van der Waals surface area contributed by atoms with Crippen LogP contribution in [0.1, 0.15) is 18.5 Å². The third kappa shape index (κ3) is 5.17. The summed E-state index contributed by atoms with van der Waals surface area (Å²) >= 11 is 0. The van der Waals surface area contributed by atoms with E-state index < -0.39 is 0 Å². The van der Waals surface area contributed by atoms with E-state index in [2.05, 4.69) is 76.3 Å². The highest BCUT2D eigenvalue weighted by molar-refractivity contribution is 5.86. The number of carbonyl (C=O) groups is 1. The maximum atomic E-state index is 11.2. The van der Waals surface area contributed by atoms with Crippen LogP contribution in [0, 0.1) is 0 Å². The van der Waals surface area contributed by atoms with E-state index in [1.54, 1.807) is 11.1 Å². The molecular formula is C27H31N7O. The predicted octanol–water partition coefficient (Wildman–Crippen LogP) is 3.62. The van der Waals surface area contributed by atoms with Crippen molar-refractivity contribution in [3.8, 4) is 17.2 Å². The van der Waals surface area contributed by atoms with Crippen LogP contribution in [-0.2, 0) is 11.2 Å². The number of benzene rings is 2. The average Bonchev–Trinajstić information content (AvgIpc) is 3.31. The van der Waals surface area contributed by atoms with E-state index in [0.29, 0.717) is 12.5 Å². The molecule has 2 aromatic heterocycles. The Hall–Kier alpha value is -3.78. The second-order valence-corrected chi connectivity index (χ2v) is 9.35. The highest BCUT2D eigenvalue weighted by Gasteiger charge is 2.20. The third-order valence-corrected chi connectivity index (χ3v) is 6.46. The van der Waals surface area contributed by atoms with Crippen LogP contribution in [0.15, 0.2) is 60.9 Å². The molecule has 1 amide bonds. The van der Waals surface area contributed by atoms with Crippen LogP contribution in [-0.4, -0.2) is 75.5 Å². The number of anilines is 1. The first-order valence-electron chi connectivity index (χ1n) is 12.1. The van der Waals surface area contributed by atoms with Gasteiger partial charge in [-0.3, -0.25) is 9.36 Å². The molecule has 1 aliphatic heterocycles. The van der Waals surface area contributed by atoms with Gasteiger partial charge in [0.25, 0.3) is 0 Å². The Morgan fingerprint density at radius 2 is 1.97 bits per heavy atom. The molecular weight excluding hydrogens is 438 g/mol. The van der Waals surface area contributed by atoms with Gasteiger partial charge in [0.15, 0.2) is 0 Å². The SMILES string of the molecule is CN(C)CCc1cnc(-c2ccc3ccccc3c2)n1-c1ccnc(NC2CCCN(C=O)C2)n1. The number of imidazole rings is 1. The van der Waals surface area contributed by atoms with Gasteiger partial charge in [0, 0.05) is 55.7 Å². The van der Waals surface area contributed by atoms with Gasteiger partial charge in [-0.15, -0.1) is 0 Å². The number of piperidine rings is 1. The summed E-state index contributed by atoms with van der Waals surface area (Å²) in [7, 11) is 4.15. The molecule has 8 heteroatoms. The molecule has 0 radical (unpaired) electrons. The Labute approximate surface area is 205 Å². The fourth-order valence-electron chi connectivity index (χ4n) is 4.64. The zero-order valence-corrected chi connectivity index (χ0v) is 20.3. The molecule has 1 N–H and O–H groups in total. The van der Waals surface area contributed by atoms with E-state index in [1.807, 2.05) is 12.3 Å². The number of hydrogen-bond acceptors (Lipinski definition) is 6. The molecule has 0 bridgehead atoms. The summed E-state index contributed by atoms with van der Waals surface area (Å²) in [5.41, 5.74) is 2.14. The van der Waals surface area contributed by atoms with E-state index in [-0.39, 0.29) is 6.04 Å². The van der Waals surface area contributed by atoms with Gasteiger partial charge in [0.2, 0.25) is 12.4 Å². The van der Waals surface area contributed by atoms with Crippen LogP contribution in [0.3, 0.4) is 0 Å².